The summed E-state index contributed by atoms with van der Waals surface area (Å²) in [5.74, 6) is 5.21. The summed E-state index contributed by atoms with van der Waals surface area (Å²) in [5.41, 5.74) is 1.84. The number of hydrogen-bond donors (Lipinski definition) is 1. The second-order valence-electron chi connectivity index (χ2n) is 7.86. The van der Waals surface area contributed by atoms with Crippen molar-refractivity contribution in [1.29, 1.82) is 0 Å². The van der Waals surface area contributed by atoms with E-state index in [0.29, 0.717) is 0 Å². The van der Waals surface area contributed by atoms with Crippen molar-refractivity contribution in [2.45, 2.75) is 58.7 Å². The van der Waals surface area contributed by atoms with E-state index in [1.165, 1.54) is 19.3 Å². The quantitative estimate of drug-likeness (QED) is 0.747. The SMILES string of the molecule is CC(C)(C)N[Si](C)(C)[C]1[CH][C]2[C]([CH]1)[C@H]1CC[C@@H]2C1. The van der Waals surface area contributed by atoms with Crippen molar-refractivity contribution in [2.24, 2.45) is 11.8 Å². The van der Waals surface area contributed by atoms with E-state index in [0.717, 1.165) is 11.8 Å². The van der Waals surface area contributed by atoms with Gasteiger partial charge >= 0.3 is 0 Å². The van der Waals surface area contributed by atoms with Gasteiger partial charge in [-0.15, -0.1) is 0 Å². The molecule has 0 amide bonds. The lowest BCUT2D eigenvalue weighted by atomic mass is 9.82. The summed E-state index contributed by atoms with van der Waals surface area (Å²) in [6.45, 7) is 11.7. The summed E-state index contributed by atoms with van der Waals surface area (Å²) < 4.78 is 0. The van der Waals surface area contributed by atoms with Gasteiger partial charge in [0.05, 0.1) is 0 Å². The predicted molar refractivity (Wildman–Crippen MR) is 79.5 cm³/mol. The van der Waals surface area contributed by atoms with Crippen LogP contribution < -0.4 is 4.98 Å². The summed E-state index contributed by atoms with van der Waals surface area (Å²) in [6.07, 6.45) is 9.42. The molecule has 99 valence electrons. The Kier molecular flexibility index (Phi) is 2.99. The van der Waals surface area contributed by atoms with Gasteiger partial charge in [0.25, 0.3) is 0 Å². The van der Waals surface area contributed by atoms with Crippen LogP contribution in [-0.2, 0) is 0 Å². The Morgan fingerprint density at radius 2 is 1.56 bits per heavy atom. The number of rotatable bonds is 2. The molecule has 3 saturated carbocycles. The maximum absolute atomic E-state index is 3.89. The molecule has 18 heavy (non-hydrogen) atoms. The van der Waals surface area contributed by atoms with Gasteiger partial charge in [0.1, 0.15) is 8.24 Å². The van der Waals surface area contributed by atoms with Crippen LogP contribution in [0.3, 0.4) is 0 Å². The fourth-order valence-electron chi connectivity index (χ4n) is 4.17. The van der Waals surface area contributed by atoms with Gasteiger partial charge in [0, 0.05) is 5.54 Å². The highest BCUT2D eigenvalue weighted by atomic mass is 28.3. The molecule has 5 radical (unpaired) electrons. The molecule has 0 heterocycles. The molecule has 0 spiro atoms. The van der Waals surface area contributed by atoms with Crippen LogP contribution in [0.4, 0.5) is 0 Å². The van der Waals surface area contributed by atoms with Crippen molar-refractivity contribution < 1.29 is 0 Å². The van der Waals surface area contributed by atoms with Gasteiger partial charge in [0.15, 0.2) is 0 Å². The summed E-state index contributed by atoms with van der Waals surface area (Å²) >= 11 is 0. The fraction of sp³-hybridized carbons (Fsp3) is 0.688. The Morgan fingerprint density at radius 3 is 2.00 bits per heavy atom. The first-order valence-corrected chi connectivity index (χ1v) is 10.4. The second kappa shape index (κ2) is 4.08. The van der Waals surface area contributed by atoms with E-state index in [1.807, 2.05) is 0 Å². The molecule has 0 aromatic heterocycles. The first-order valence-electron chi connectivity index (χ1n) is 7.37. The van der Waals surface area contributed by atoms with E-state index in [-0.39, 0.29) is 5.54 Å². The van der Waals surface area contributed by atoms with Gasteiger partial charge in [-0.3, -0.25) is 0 Å². The van der Waals surface area contributed by atoms with Crippen molar-refractivity contribution in [2.75, 3.05) is 0 Å². The topological polar surface area (TPSA) is 12.0 Å². The largest absolute Gasteiger partial charge is 0.332 e. The summed E-state index contributed by atoms with van der Waals surface area (Å²) in [7, 11) is -1.49. The summed E-state index contributed by atoms with van der Waals surface area (Å²) in [5, 5.41) is 0. The minimum Gasteiger partial charge on any atom is -0.332 e. The van der Waals surface area contributed by atoms with Crippen LogP contribution in [-0.4, -0.2) is 13.8 Å². The molecule has 0 aromatic rings. The molecule has 3 aliphatic carbocycles. The molecule has 0 saturated heterocycles. The maximum atomic E-state index is 3.89. The van der Waals surface area contributed by atoms with Crippen LogP contribution in [0, 0.1) is 42.1 Å². The lowest BCUT2D eigenvalue weighted by Gasteiger charge is -2.37. The third-order valence-corrected chi connectivity index (χ3v) is 7.78. The zero-order valence-electron chi connectivity index (χ0n) is 12.4. The molecule has 3 rings (SSSR count). The molecule has 1 N–H and O–H groups in total. The minimum atomic E-state index is -1.49. The van der Waals surface area contributed by atoms with Crippen molar-refractivity contribution in [3.8, 4) is 0 Å². The number of nitrogens with one attached hydrogen (secondary N) is 1. The summed E-state index contributed by atoms with van der Waals surface area (Å²) in [4.78, 5) is 3.89. The highest BCUT2D eigenvalue weighted by molar-refractivity contribution is 6.81. The highest BCUT2D eigenvalue weighted by Gasteiger charge is 2.56. The predicted octanol–water partition coefficient (Wildman–Crippen LogP) is 3.69. The Bertz CT molecular complexity index is 312. The smallest absolute Gasteiger partial charge is 0.127 e. The molecular formula is C16H26NSi. The summed E-state index contributed by atoms with van der Waals surface area (Å²) in [6, 6.07) is 0. The van der Waals surface area contributed by atoms with Gasteiger partial charge in [0.2, 0.25) is 0 Å². The molecule has 0 aromatic carbocycles. The number of fused-ring (bicyclic) bond motifs is 5. The molecule has 2 atom stereocenters. The van der Waals surface area contributed by atoms with Crippen molar-refractivity contribution in [3.05, 3.63) is 30.2 Å². The van der Waals surface area contributed by atoms with Gasteiger partial charge in [-0.1, -0.05) is 13.1 Å². The molecule has 1 nitrogen and oxygen atoms in total. The molecule has 0 unspecified atom stereocenters. The zero-order valence-corrected chi connectivity index (χ0v) is 13.4. The lowest BCUT2D eigenvalue weighted by Crippen LogP contribution is -2.58. The van der Waals surface area contributed by atoms with E-state index in [1.54, 1.807) is 17.4 Å². The van der Waals surface area contributed by atoms with Gasteiger partial charge in [-0.05, 0) is 82.1 Å². The van der Waals surface area contributed by atoms with Gasteiger partial charge in [-0.25, -0.2) is 0 Å². The fourth-order valence-corrected chi connectivity index (χ4v) is 7.22. The molecule has 3 aliphatic rings. The van der Waals surface area contributed by atoms with Crippen molar-refractivity contribution >= 4 is 8.24 Å². The Morgan fingerprint density at radius 1 is 1.06 bits per heavy atom. The van der Waals surface area contributed by atoms with Crippen molar-refractivity contribution in [1.82, 2.24) is 4.98 Å². The number of hydrogen-bond acceptors (Lipinski definition) is 1. The third-order valence-electron chi connectivity index (χ3n) is 4.68. The van der Waals surface area contributed by atoms with Gasteiger partial charge < -0.3 is 4.98 Å². The Hall–Kier alpha value is 0.177. The third kappa shape index (κ3) is 2.20. The van der Waals surface area contributed by atoms with Crippen LogP contribution in [0.25, 0.3) is 0 Å². The Labute approximate surface area is 114 Å². The molecule has 2 bridgehead atoms. The standard InChI is InChI=1S/C16H26NSi/c1-16(2,3)17-18(4,5)13-9-14-11-6-7-12(8-11)15(14)10-13/h9-12,17H,6-8H2,1-5H3/t11-,12+. The average molecular weight is 260 g/mol. The Balaban J connectivity index is 1.69. The molecule has 0 aliphatic heterocycles. The van der Waals surface area contributed by atoms with E-state index in [9.17, 15) is 0 Å². The van der Waals surface area contributed by atoms with E-state index in [2.05, 4.69) is 51.7 Å². The monoisotopic (exact) mass is 260 g/mol. The first kappa shape index (κ1) is 13.2. The van der Waals surface area contributed by atoms with Crippen LogP contribution >= 0.6 is 0 Å². The van der Waals surface area contributed by atoms with Gasteiger partial charge in [-0.2, -0.15) is 0 Å². The lowest BCUT2D eigenvalue weighted by molar-refractivity contribution is 0.512. The van der Waals surface area contributed by atoms with E-state index >= 15 is 0 Å². The first-order chi connectivity index (χ1) is 8.26. The van der Waals surface area contributed by atoms with Crippen LogP contribution in [0.1, 0.15) is 40.0 Å². The van der Waals surface area contributed by atoms with Crippen LogP contribution in [0.15, 0.2) is 0 Å². The molecule has 3 fully saturated rings. The normalized spacial score (nSPS) is 34.5. The zero-order chi connectivity index (χ0) is 13.1. The van der Waals surface area contributed by atoms with E-state index in [4.69, 9.17) is 0 Å². The minimum absolute atomic E-state index is 0.219. The second-order valence-corrected chi connectivity index (χ2v) is 11.9. The molecule has 2 heteroatoms. The van der Waals surface area contributed by atoms with Crippen LogP contribution in [0.5, 0.6) is 0 Å². The molecular weight excluding hydrogens is 234 g/mol. The average Bonchev–Trinajstić information content (AvgIpc) is 2.86. The maximum Gasteiger partial charge on any atom is 0.127 e. The highest BCUT2D eigenvalue weighted by Crippen LogP contribution is 2.63. The van der Waals surface area contributed by atoms with E-state index < -0.39 is 8.24 Å². The van der Waals surface area contributed by atoms with Crippen molar-refractivity contribution in [3.63, 3.8) is 0 Å². The van der Waals surface area contributed by atoms with Crippen LogP contribution in [0.2, 0.25) is 13.1 Å².